The minimum absolute atomic E-state index is 0.165. The van der Waals surface area contributed by atoms with Gasteiger partial charge in [0.2, 0.25) is 17.6 Å². The molecular formula is C22H25N5O4. The van der Waals surface area contributed by atoms with Crippen LogP contribution in [0.5, 0.6) is 0 Å². The fourth-order valence-corrected chi connectivity index (χ4v) is 3.94. The molecule has 1 aliphatic heterocycles. The van der Waals surface area contributed by atoms with Crippen molar-refractivity contribution >= 4 is 11.6 Å². The number of aromatic nitrogens is 4. The van der Waals surface area contributed by atoms with Crippen molar-refractivity contribution < 1.29 is 9.32 Å². The number of hydrogen-bond donors (Lipinski definition) is 1. The Balaban J connectivity index is 1.75. The predicted octanol–water partition coefficient (Wildman–Crippen LogP) is 2.16. The SMILES string of the molecule is CCc1nc(-c2c3n(c(=O)n(CC(=O)Nc4ccccc4CC)c2=O)CCCC3)no1. The summed E-state index contributed by atoms with van der Waals surface area (Å²) >= 11 is 0. The number of para-hydroxylation sites is 1. The molecule has 31 heavy (non-hydrogen) atoms. The van der Waals surface area contributed by atoms with Gasteiger partial charge in [0.25, 0.3) is 5.56 Å². The zero-order valence-corrected chi connectivity index (χ0v) is 17.7. The molecule has 0 spiro atoms. The van der Waals surface area contributed by atoms with Crippen molar-refractivity contribution in [1.82, 2.24) is 19.3 Å². The molecule has 4 rings (SSSR count). The molecule has 2 aromatic heterocycles. The van der Waals surface area contributed by atoms with Crippen molar-refractivity contribution in [2.75, 3.05) is 5.32 Å². The van der Waals surface area contributed by atoms with Crippen molar-refractivity contribution in [2.45, 2.75) is 59.0 Å². The zero-order chi connectivity index (χ0) is 22.0. The molecule has 3 aromatic rings. The Morgan fingerprint density at radius 2 is 1.97 bits per heavy atom. The van der Waals surface area contributed by atoms with Crippen molar-refractivity contribution in [3.8, 4) is 11.4 Å². The van der Waals surface area contributed by atoms with Gasteiger partial charge in [0, 0.05) is 24.3 Å². The highest BCUT2D eigenvalue weighted by molar-refractivity contribution is 5.91. The molecule has 0 fully saturated rings. The number of anilines is 1. The van der Waals surface area contributed by atoms with Gasteiger partial charge in [-0.1, -0.05) is 37.2 Å². The van der Waals surface area contributed by atoms with E-state index in [-0.39, 0.29) is 17.9 Å². The quantitative estimate of drug-likeness (QED) is 0.650. The first-order valence-corrected chi connectivity index (χ1v) is 10.6. The van der Waals surface area contributed by atoms with Gasteiger partial charge in [0.05, 0.1) is 0 Å². The third-order valence-electron chi connectivity index (χ3n) is 5.55. The monoisotopic (exact) mass is 423 g/mol. The highest BCUT2D eigenvalue weighted by Gasteiger charge is 2.26. The lowest BCUT2D eigenvalue weighted by Crippen LogP contribution is -2.45. The number of nitrogens with one attached hydrogen (secondary N) is 1. The number of carbonyl (C=O) groups excluding carboxylic acids is 1. The number of amides is 1. The summed E-state index contributed by atoms with van der Waals surface area (Å²) in [6.45, 7) is 3.97. The van der Waals surface area contributed by atoms with E-state index in [4.69, 9.17) is 4.52 Å². The number of rotatable bonds is 6. The first-order chi connectivity index (χ1) is 15.0. The van der Waals surface area contributed by atoms with E-state index in [9.17, 15) is 14.4 Å². The molecule has 1 aromatic carbocycles. The van der Waals surface area contributed by atoms with E-state index < -0.39 is 17.2 Å². The van der Waals surface area contributed by atoms with Crippen molar-refractivity contribution in [3.05, 3.63) is 62.3 Å². The van der Waals surface area contributed by atoms with Gasteiger partial charge in [-0.25, -0.2) is 4.79 Å². The van der Waals surface area contributed by atoms with Crippen LogP contribution in [0.4, 0.5) is 5.69 Å². The Hall–Kier alpha value is -3.49. The fraction of sp³-hybridized carbons (Fsp3) is 0.409. The van der Waals surface area contributed by atoms with Gasteiger partial charge in [-0.3, -0.25) is 18.7 Å². The minimum Gasteiger partial charge on any atom is -0.339 e. The molecule has 0 radical (unpaired) electrons. The first-order valence-electron chi connectivity index (χ1n) is 10.6. The summed E-state index contributed by atoms with van der Waals surface area (Å²) in [5.41, 5.74) is 1.45. The summed E-state index contributed by atoms with van der Waals surface area (Å²) < 4.78 is 7.73. The lowest BCUT2D eigenvalue weighted by Gasteiger charge is -2.21. The second kappa shape index (κ2) is 8.71. The molecule has 9 nitrogen and oxygen atoms in total. The summed E-state index contributed by atoms with van der Waals surface area (Å²) in [4.78, 5) is 43.4. The Kier molecular flexibility index (Phi) is 5.83. The molecule has 0 atom stereocenters. The van der Waals surface area contributed by atoms with E-state index in [1.807, 2.05) is 32.0 Å². The van der Waals surface area contributed by atoms with Gasteiger partial charge in [0.15, 0.2) is 0 Å². The van der Waals surface area contributed by atoms with Crippen LogP contribution >= 0.6 is 0 Å². The lowest BCUT2D eigenvalue weighted by atomic mass is 10.0. The summed E-state index contributed by atoms with van der Waals surface area (Å²) in [5, 5.41) is 6.77. The van der Waals surface area contributed by atoms with Crippen LogP contribution in [0, 0.1) is 0 Å². The van der Waals surface area contributed by atoms with Crippen LogP contribution < -0.4 is 16.6 Å². The van der Waals surface area contributed by atoms with E-state index in [1.54, 1.807) is 10.6 Å². The normalized spacial score (nSPS) is 13.1. The molecule has 0 saturated carbocycles. The second-order valence-corrected chi connectivity index (χ2v) is 7.53. The Morgan fingerprint density at radius 1 is 1.16 bits per heavy atom. The van der Waals surface area contributed by atoms with Gasteiger partial charge in [0.1, 0.15) is 12.1 Å². The van der Waals surface area contributed by atoms with Crippen molar-refractivity contribution in [1.29, 1.82) is 0 Å². The van der Waals surface area contributed by atoms with Crippen LogP contribution in [0.15, 0.2) is 38.4 Å². The van der Waals surface area contributed by atoms with Crippen LogP contribution in [0.2, 0.25) is 0 Å². The highest BCUT2D eigenvalue weighted by atomic mass is 16.5. The number of nitrogens with zero attached hydrogens (tertiary/aromatic N) is 4. The molecule has 162 valence electrons. The smallest absolute Gasteiger partial charge is 0.331 e. The van der Waals surface area contributed by atoms with Crippen molar-refractivity contribution in [2.24, 2.45) is 0 Å². The number of fused-ring (bicyclic) bond motifs is 1. The second-order valence-electron chi connectivity index (χ2n) is 7.53. The van der Waals surface area contributed by atoms with Crippen LogP contribution in [-0.2, 0) is 37.1 Å². The van der Waals surface area contributed by atoms with Crippen LogP contribution in [0.25, 0.3) is 11.4 Å². The summed E-state index contributed by atoms with van der Waals surface area (Å²) in [7, 11) is 0. The topological polar surface area (TPSA) is 112 Å². The lowest BCUT2D eigenvalue weighted by molar-refractivity contribution is -0.116. The summed E-state index contributed by atoms with van der Waals surface area (Å²) in [6.07, 6.45) is 3.55. The molecule has 0 aliphatic carbocycles. The molecule has 0 saturated heterocycles. The Bertz CT molecular complexity index is 1240. The average Bonchev–Trinajstić information content (AvgIpc) is 3.26. The Morgan fingerprint density at radius 3 is 2.71 bits per heavy atom. The number of aryl methyl sites for hydroxylation is 2. The highest BCUT2D eigenvalue weighted by Crippen LogP contribution is 2.22. The van der Waals surface area contributed by atoms with Crippen molar-refractivity contribution in [3.63, 3.8) is 0 Å². The van der Waals surface area contributed by atoms with E-state index >= 15 is 0 Å². The number of benzene rings is 1. The molecule has 3 heterocycles. The predicted molar refractivity (Wildman–Crippen MR) is 115 cm³/mol. The molecule has 9 heteroatoms. The zero-order valence-electron chi connectivity index (χ0n) is 17.7. The molecule has 1 aliphatic rings. The van der Waals surface area contributed by atoms with Gasteiger partial charge in [-0.05, 0) is 37.3 Å². The molecule has 1 amide bonds. The van der Waals surface area contributed by atoms with E-state index in [2.05, 4.69) is 15.5 Å². The minimum atomic E-state index is -0.569. The molecule has 0 unspecified atom stereocenters. The summed E-state index contributed by atoms with van der Waals surface area (Å²) in [6, 6.07) is 7.45. The van der Waals surface area contributed by atoms with Gasteiger partial charge in [-0.15, -0.1) is 0 Å². The molecular weight excluding hydrogens is 398 g/mol. The number of hydrogen-bond acceptors (Lipinski definition) is 6. The molecule has 0 bridgehead atoms. The van der Waals surface area contributed by atoms with E-state index in [0.29, 0.717) is 36.7 Å². The van der Waals surface area contributed by atoms with Crippen LogP contribution in [-0.4, -0.2) is 25.2 Å². The largest absolute Gasteiger partial charge is 0.339 e. The Labute approximate surface area is 178 Å². The fourth-order valence-electron chi connectivity index (χ4n) is 3.94. The average molecular weight is 423 g/mol. The third kappa shape index (κ3) is 3.95. The van der Waals surface area contributed by atoms with Crippen LogP contribution in [0.3, 0.4) is 0 Å². The summed E-state index contributed by atoms with van der Waals surface area (Å²) in [5.74, 6) is 0.137. The third-order valence-corrected chi connectivity index (χ3v) is 5.55. The maximum absolute atomic E-state index is 13.3. The van der Waals surface area contributed by atoms with E-state index in [0.717, 1.165) is 29.4 Å². The van der Waals surface area contributed by atoms with Gasteiger partial charge >= 0.3 is 5.69 Å². The van der Waals surface area contributed by atoms with Gasteiger partial charge in [-0.2, -0.15) is 4.98 Å². The van der Waals surface area contributed by atoms with Gasteiger partial charge < -0.3 is 9.84 Å². The number of carbonyl (C=O) groups is 1. The van der Waals surface area contributed by atoms with Crippen LogP contribution in [0.1, 0.15) is 43.8 Å². The maximum Gasteiger partial charge on any atom is 0.331 e. The molecule has 1 N–H and O–H groups in total. The first kappa shape index (κ1) is 20.8. The maximum atomic E-state index is 13.3. The van der Waals surface area contributed by atoms with E-state index in [1.165, 1.54) is 0 Å². The standard InChI is InChI=1S/C22H25N5O4/c1-3-14-9-5-6-10-15(14)23-17(28)13-27-21(29)19(20-24-18(4-2)31-25-20)16-11-7-8-12-26(16)22(27)30/h5-6,9-10H,3-4,7-8,11-13H2,1-2H3,(H,23,28).